The Bertz CT molecular complexity index is 526. The largest absolute Gasteiger partial charge is 0.378 e. The molecule has 0 spiro atoms. The zero-order valence-electron chi connectivity index (χ0n) is 14.1. The van der Waals surface area contributed by atoms with E-state index >= 15 is 0 Å². The highest BCUT2D eigenvalue weighted by molar-refractivity contribution is 5.83. The van der Waals surface area contributed by atoms with E-state index in [0.717, 1.165) is 25.2 Å². The predicted molar refractivity (Wildman–Crippen MR) is 90.4 cm³/mol. The Kier molecular flexibility index (Phi) is 5.30. The number of benzene rings is 1. The zero-order chi connectivity index (χ0) is 16.2. The van der Waals surface area contributed by atoms with Gasteiger partial charge in [0.05, 0.1) is 13.2 Å². The second kappa shape index (κ2) is 7.43. The van der Waals surface area contributed by atoms with Gasteiger partial charge in [-0.3, -0.25) is 9.69 Å². The van der Waals surface area contributed by atoms with Crippen LogP contribution in [0.25, 0.3) is 0 Å². The van der Waals surface area contributed by atoms with Gasteiger partial charge in [-0.2, -0.15) is 0 Å². The average molecular weight is 317 g/mol. The van der Waals surface area contributed by atoms with E-state index < -0.39 is 0 Å². The maximum absolute atomic E-state index is 13.2. The van der Waals surface area contributed by atoms with Crippen molar-refractivity contribution in [3.05, 3.63) is 35.4 Å². The number of morpholine rings is 1. The third-order valence-corrected chi connectivity index (χ3v) is 4.83. The highest BCUT2D eigenvalue weighted by Gasteiger charge is 2.35. The van der Waals surface area contributed by atoms with Crippen molar-refractivity contribution in [3.63, 3.8) is 0 Å². The van der Waals surface area contributed by atoms with Gasteiger partial charge < -0.3 is 15.0 Å². The van der Waals surface area contributed by atoms with E-state index in [1.807, 2.05) is 4.90 Å². The lowest BCUT2D eigenvalue weighted by molar-refractivity contribution is -0.142. The Morgan fingerprint density at radius 3 is 2.57 bits per heavy atom. The molecule has 1 N–H and O–H groups in total. The molecule has 2 saturated heterocycles. The van der Waals surface area contributed by atoms with E-state index in [0.29, 0.717) is 32.3 Å². The smallest absolute Gasteiger partial charge is 0.244 e. The van der Waals surface area contributed by atoms with Crippen LogP contribution in [0.5, 0.6) is 0 Å². The van der Waals surface area contributed by atoms with Crippen molar-refractivity contribution in [1.29, 1.82) is 0 Å². The average Bonchev–Trinajstić information content (AvgIpc) is 2.59. The summed E-state index contributed by atoms with van der Waals surface area (Å²) in [6.45, 7) is 9.71. The predicted octanol–water partition coefficient (Wildman–Crippen LogP) is 1.19. The Morgan fingerprint density at radius 1 is 1.22 bits per heavy atom. The molecule has 126 valence electrons. The number of nitrogens with zero attached hydrogens (tertiary/aromatic N) is 2. The van der Waals surface area contributed by atoms with E-state index in [4.69, 9.17) is 4.74 Å². The Hall–Kier alpha value is -1.43. The molecule has 0 aromatic heterocycles. The first-order valence-electron chi connectivity index (χ1n) is 8.56. The summed E-state index contributed by atoms with van der Waals surface area (Å²) in [5, 5.41) is 3.41. The van der Waals surface area contributed by atoms with Crippen LogP contribution in [0.15, 0.2) is 24.3 Å². The molecular formula is C18H27N3O2. The van der Waals surface area contributed by atoms with Crippen LogP contribution in [0.1, 0.15) is 24.1 Å². The number of carbonyl (C=O) groups is 1. The molecule has 1 aromatic rings. The molecule has 0 aliphatic carbocycles. The molecule has 0 bridgehead atoms. The van der Waals surface area contributed by atoms with Crippen molar-refractivity contribution in [2.75, 3.05) is 45.9 Å². The summed E-state index contributed by atoms with van der Waals surface area (Å²) in [5.41, 5.74) is 2.32. The van der Waals surface area contributed by atoms with Gasteiger partial charge in [0, 0.05) is 38.8 Å². The van der Waals surface area contributed by atoms with E-state index in [1.165, 1.54) is 5.56 Å². The normalized spacial score (nSPS) is 24.4. The topological polar surface area (TPSA) is 44.8 Å². The lowest BCUT2D eigenvalue weighted by Gasteiger charge is -2.41. The van der Waals surface area contributed by atoms with Crippen molar-refractivity contribution in [3.8, 4) is 0 Å². The molecule has 5 heteroatoms. The summed E-state index contributed by atoms with van der Waals surface area (Å²) in [6.07, 6.45) is 0. The molecule has 0 saturated carbocycles. The van der Waals surface area contributed by atoms with Crippen LogP contribution in [0, 0.1) is 6.92 Å². The summed E-state index contributed by atoms with van der Waals surface area (Å²) in [6, 6.07) is 8.56. The minimum Gasteiger partial charge on any atom is -0.378 e. The van der Waals surface area contributed by atoms with Gasteiger partial charge in [-0.1, -0.05) is 29.8 Å². The van der Waals surface area contributed by atoms with Gasteiger partial charge in [0.2, 0.25) is 5.91 Å². The van der Waals surface area contributed by atoms with Crippen LogP contribution in [0.2, 0.25) is 0 Å². The number of amides is 1. The number of hydrogen-bond donors (Lipinski definition) is 1. The Morgan fingerprint density at radius 2 is 1.91 bits per heavy atom. The minimum atomic E-state index is -0.189. The highest BCUT2D eigenvalue weighted by Crippen LogP contribution is 2.27. The maximum Gasteiger partial charge on any atom is 0.244 e. The molecule has 0 radical (unpaired) electrons. The van der Waals surface area contributed by atoms with Crippen molar-refractivity contribution < 1.29 is 9.53 Å². The number of piperazine rings is 1. The number of nitrogens with one attached hydrogen (secondary N) is 1. The van der Waals surface area contributed by atoms with Crippen LogP contribution >= 0.6 is 0 Å². The summed E-state index contributed by atoms with van der Waals surface area (Å²) in [4.78, 5) is 17.5. The molecule has 5 nitrogen and oxygen atoms in total. The molecule has 3 rings (SSSR count). The minimum absolute atomic E-state index is 0.189. The molecule has 2 heterocycles. The first kappa shape index (κ1) is 16.4. The molecule has 2 atom stereocenters. The van der Waals surface area contributed by atoms with Crippen molar-refractivity contribution >= 4 is 5.91 Å². The molecule has 23 heavy (non-hydrogen) atoms. The van der Waals surface area contributed by atoms with Crippen molar-refractivity contribution in [2.45, 2.75) is 25.9 Å². The van der Waals surface area contributed by atoms with E-state index in [2.05, 4.69) is 48.3 Å². The number of hydrogen-bond acceptors (Lipinski definition) is 4. The monoisotopic (exact) mass is 317 g/mol. The van der Waals surface area contributed by atoms with Crippen LogP contribution in [0.4, 0.5) is 0 Å². The van der Waals surface area contributed by atoms with Gasteiger partial charge in [0.15, 0.2) is 0 Å². The number of carbonyl (C=O) groups excluding carboxylic acids is 1. The molecule has 2 fully saturated rings. The molecule has 2 aliphatic heterocycles. The summed E-state index contributed by atoms with van der Waals surface area (Å²) >= 11 is 0. The second-order valence-electron chi connectivity index (χ2n) is 6.54. The number of ether oxygens (including phenoxy) is 1. The Balaban J connectivity index is 1.88. The lowest BCUT2D eigenvalue weighted by atomic mass is 9.99. The molecular weight excluding hydrogens is 290 g/mol. The fraction of sp³-hybridized carbons (Fsp3) is 0.611. The van der Waals surface area contributed by atoms with Gasteiger partial charge in [-0.25, -0.2) is 0 Å². The van der Waals surface area contributed by atoms with Crippen molar-refractivity contribution in [1.82, 2.24) is 15.1 Å². The van der Waals surface area contributed by atoms with Gasteiger partial charge >= 0.3 is 0 Å². The highest BCUT2D eigenvalue weighted by atomic mass is 16.5. The summed E-state index contributed by atoms with van der Waals surface area (Å²) < 4.78 is 5.40. The molecule has 1 aromatic carbocycles. The van der Waals surface area contributed by atoms with Gasteiger partial charge in [0.25, 0.3) is 0 Å². The van der Waals surface area contributed by atoms with Crippen LogP contribution in [-0.4, -0.2) is 67.7 Å². The standard InChI is InChI=1S/C18H27N3O2/c1-14-3-5-16(6-4-14)17(21-8-7-19-13-15(21)2)18(22)20-9-11-23-12-10-20/h3-6,15,17,19H,7-13H2,1-2H3. The van der Waals surface area contributed by atoms with Crippen molar-refractivity contribution in [2.24, 2.45) is 0 Å². The number of rotatable bonds is 3. The SMILES string of the molecule is Cc1ccc(C(C(=O)N2CCOCC2)N2CCNCC2C)cc1. The third-order valence-electron chi connectivity index (χ3n) is 4.83. The summed E-state index contributed by atoms with van der Waals surface area (Å²) in [5.74, 6) is 0.214. The number of aryl methyl sites for hydroxylation is 1. The molecule has 1 amide bonds. The van der Waals surface area contributed by atoms with E-state index in [9.17, 15) is 4.79 Å². The first-order chi connectivity index (χ1) is 11.2. The molecule has 2 aliphatic rings. The quantitative estimate of drug-likeness (QED) is 0.909. The fourth-order valence-corrected chi connectivity index (χ4v) is 3.42. The van der Waals surface area contributed by atoms with Gasteiger partial charge in [-0.05, 0) is 19.4 Å². The maximum atomic E-state index is 13.2. The molecule has 2 unspecified atom stereocenters. The van der Waals surface area contributed by atoms with Gasteiger partial charge in [0.1, 0.15) is 6.04 Å². The van der Waals surface area contributed by atoms with E-state index in [-0.39, 0.29) is 11.9 Å². The van der Waals surface area contributed by atoms with Crippen LogP contribution in [0.3, 0.4) is 0 Å². The third kappa shape index (κ3) is 3.74. The first-order valence-corrected chi connectivity index (χ1v) is 8.56. The van der Waals surface area contributed by atoms with Crippen LogP contribution in [-0.2, 0) is 9.53 Å². The zero-order valence-corrected chi connectivity index (χ0v) is 14.1. The fourth-order valence-electron chi connectivity index (χ4n) is 3.42. The second-order valence-corrected chi connectivity index (χ2v) is 6.54. The lowest BCUT2D eigenvalue weighted by Crippen LogP contribution is -2.55. The summed E-state index contributed by atoms with van der Waals surface area (Å²) in [7, 11) is 0. The van der Waals surface area contributed by atoms with E-state index in [1.54, 1.807) is 0 Å². The van der Waals surface area contributed by atoms with Crippen LogP contribution < -0.4 is 5.32 Å². The Labute approximate surface area is 138 Å². The van der Waals surface area contributed by atoms with Gasteiger partial charge in [-0.15, -0.1) is 0 Å².